The maximum atomic E-state index is 11.8. The number of benzene rings is 1. The van der Waals surface area contributed by atoms with Gasteiger partial charge in [0.1, 0.15) is 5.52 Å². The van der Waals surface area contributed by atoms with Gasteiger partial charge in [-0.2, -0.15) is 0 Å². The number of imidazole rings is 1. The highest BCUT2D eigenvalue weighted by Crippen LogP contribution is 2.13. The number of aromatic nitrogens is 2. The van der Waals surface area contributed by atoms with Crippen molar-refractivity contribution in [1.82, 2.24) is 15.3 Å². The molecule has 2 aromatic rings. The van der Waals surface area contributed by atoms with Gasteiger partial charge in [0, 0.05) is 13.7 Å². The van der Waals surface area contributed by atoms with Gasteiger partial charge in [0.25, 0.3) is 5.91 Å². The van der Waals surface area contributed by atoms with E-state index >= 15 is 0 Å². The van der Waals surface area contributed by atoms with E-state index in [0.29, 0.717) is 24.2 Å². The zero-order chi connectivity index (χ0) is 11.4. The Morgan fingerprint density at radius 2 is 2.44 bits per heavy atom. The Bertz CT molecular complexity index is 493. The van der Waals surface area contributed by atoms with Crippen LogP contribution >= 0.6 is 0 Å². The maximum Gasteiger partial charge on any atom is 0.253 e. The lowest BCUT2D eigenvalue weighted by Gasteiger charge is -2.04. The zero-order valence-electron chi connectivity index (χ0n) is 8.99. The van der Waals surface area contributed by atoms with Gasteiger partial charge in [0.15, 0.2) is 0 Å². The fourth-order valence-electron chi connectivity index (χ4n) is 1.51. The lowest BCUT2D eigenvalue weighted by atomic mass is 10.1. The SMILES string of the molecule is COCCNC(=O)c1cccc2[nH]cnc12. The largest absolute Gasteiger partial charge is 0.383 e. The minimum atomic E-state index is -0.130. The van der Waals surface area contributed by atoms with Crippen molar-refractivity contribution in [2.75, 3.05) is 20.3 Å². The minimum Gasteiger partial charge on any atom is -0.383 e. The molecule has 16 heavy (non-hydrogen) atoms. The van der Waals surface area contributed by atoms with Crippen molar-refractivity contribution in [3.05, 3.63) is 30.1 Å². The van der Waals surface area contributed by atoms with E-state index in [2.05, 4.69) is 15.3 Å². The fourth-order valence-corrected chi connectivity index (χ4v) is 1.51. The number of carbonyl (C=O) groups excluding carboxylic acids is 1. The number of rotatable bonds is 4. The molecule has 0 unspecified atom stereocenters. The molecule has 2 N–H and O–H groups in total. The van der Waals surface area contributed by atoms with E-state index in [4.69, 9.17) is 4.74 Å². The molecule has 0 atom stereocenters. The molecule has 0 aliphatic carbocycles. The monoisotopic (exact) mass is 219 g/mol. The van der Waals surface area contributed by atoms with Crippen molar-refractivity contribution in [2.45, 2.75) is 0 Å². The quantitative estimate of drug-likeness (QED) is 0.752. The Hall–Kier alpha value is -1.88. The Balaban J connectivity index is 2.19. The lowest BCUT2D eigenvalue weighted by Crippen LogP contribution is -2.27. The number of nitrogens with one attached hydrogen (secondary N) is 2. The summed E-state index contributed by atoms with van der Waals surface area (Å²) in [5.41, 5.74) is 2.13. The summed E-state index contributed by atoms with van der Waals surface area (Å²) in [6.45, 7) is 0.998. The first-order valence-electron chi connectivity index (χ1n) is 5.02. The normalized spacial score (nSPS) is 10.6. The van der Waals surface area contributed by atoms with Crippen LogP contribution in [-0.4, -0.2) is 36.1 Å². The van der Waals surface area contributed by atoms with Crippen LogP contribution in [0.3, 0.4) is 0 Å². The van der Waals surface area contributed by atoms with Crippen LogP contribution in [0.5, 0.6) is 0 Å². The Labute approximate surface area is 92.8 Å². The van der Waals surface area contributed by atoms with Gasteiger partial charge < -0.3 is 15.0 Å². The molecule has 0 bridgehead atoms. The highest BCUT2D eigenvalue weighted by Gasteiger charge is 2.10. The van der Waals surface area contributed by atoms with E-state index < -0.39 is 0 Å². The van der Waals surface area contributed by atoms with Gasteiger partial charge in [-0.05, 0) is 12.1 Å². The van der Waals surface area contributed by atoms with E-state index in [9.17, 15) is 4.79 Å². The molecule has 5 heteroatoms. The number of hydrogen-bond acceptors (Lipinski definition) is 3. The molecule has 0 saturated carbocycles. The molecule has 0 radical (unpaired) electrons. The molecule has 1 heterocycles. The van der Waals surface area contributed by atoms with Gasteiger partial charge in [0.05, 0.1) is 24.0 Å². The number of H-pyrrole nitrogens is 1. The number of ether oxygens (including phenoxy) is 1. The first-order chi connectivity index (χ1) is 7.83. The summed E-state index contributed by atoms with van der Waals surface area (Å²) in [5, 5.41) is 2.76. The molecule has 84 valence electrons. The van der Waals surface area contributed by atoms with E-state index in [1.165, 1.54) is 0 Å². The lowest BCUT2D eigenvalue weighted by molar-refractivity contribution is 0.0938. The van der Waals surface area contributed by atoms with Crippen LogP contribution in [0.1, 0.15) is 10.4 Å². The molecular formula is C11H13N3O2. The molecule has 5 nitrogen and oxygen atoms in total. The number of nitrogens with zero attached hydrogens (tertiary/aromatic N) is 1. The molecule has 1 amide bonds. The van der Waals surface area contributed by atoms with E-state index in [1.54, 1.807) is 19.5 Å². The molecule has 0 fully saturated rings. The number of methoxy groups -OCH3 is 1. The second-order valence-electron chi connectivity index (χ2n) is 3.35. The van der Waals surface area contributed by atoms with Crippen molar-refractivity contribution >= 4 is 16.9 Å². The van der Waals surface area contributed by atoms with Crippen molar-refractivity contribution in [1.29, 1.82) is 0 Å². The van der Waals surface area contributed by atoms with Crippen molar-refractivity contribution in [3.8, 4) is 0 Å². The van der Waals surface area contributed by atoms with Gasteiger partial charge in [-0.3, -0.25) is 4.79 Å². The smallest absolute Gasteiger partial charge is 0.253 e. The van der Waals surface area contributed by atoms with Crippen LogP contribution in [-0.2, 0) is 4.74 Å². The predicted octanol–water partition coefficient (Wildman–Crippen LogP) is 0.939. The van der Waals surface area contributed by atoms with Gasteiger partial charge in [-0.1, -0.05) is 6.07 Å². The second-order valence-corrected chi connectivity index (χ2v) is 3.35. The number of hydrogen-bond donors (Lipinski definition) is 2. The first-order valence-corrected chi connectivity index (χ1v) is 5.02. The van der Waals surface area contributed by atoms with Crippen LogP contribution in [0.15, 0.2) is 24.5 Å². The Kier molecular flexibility index (Phi) is 3.16. The molecule has 2 rings (SSSR count). The zero-order valence-corrected chi connectivity index (χ0v) is 8.99. The number of amides is 1. The summed E-state index contributed by atoms with van der Waals surface area (Å²) >= 11 is 0. The average Bonchev–Trinajstić information content (AvgIpc) is 2.76. The summed E-state index contributed by atoms with van der Waals surface area (Å²) in [5.74, 6) is -0.130. The van der Waals surface area contributed by atoms with Gasteiger partial charge in [-0.25, -0.2) is 4.98 Å². The van der Waals surface area contributed by atoms with Gasteiger partial charge in [-0.15, -0.1) is 0 Å². The van der Waals surface area contributed by atoms with E-state index in [0.717, 1.165) is 5.52 Å². The standard InChI is InChI=1S/C11H13N3O2/c1-16-6-5-12-11(15)8-3-2-4-9-10(8)14-7-13-9/h2-4,7H,5-6H2,1H3,(H,12,15)(H,13,14). The molecule has 0 aliphatic heterocycles. The summed E-state index contributed by atoms with van der Waals surface area (Å²) < 4.78 is 4.86. The van der Waals surface area contributed by atoms with E-state index in [1.807, 2.05) is 12.1 Å². The summed E-state index contributed by atoms with van der Waals surface area (Å²) in [6, 6.07) is 5.46. The Morgan fingerprint density at radius 1 is 1.56 bits per heavy atom. The summed E-state index contributed by atoms with van der Waals surface area (Å²) in [7, 11) is 1.60. The highest BCUT2D eigenvalue weighted by atomic mass is 16.5. The number of carbonyl (C=O) groups is 1. The fraction of sp³-hybridized carbons (Fsp3) is 0.273. The third kappa shape index (κ3) is 2.04. The first kappa shape index (κ1) is 10.6. The third-order valence-electron chi connectivity index (χ3n) is 2.29. The molecule has 1 aromatic heterocycles. The molecular weight excluding hydrogens is 206 g/mol. The maximum absolute atomic E-state index is 11.8. The summed E-state index contributed by atoms with van der Waals surface area (Å²) in [6.07, 6.45) is 1.58. The molecule has 0 saturated heterocycles. The van der Waals surface area contributed by atoms with Crippen LogP contribution in [0.2, 0.25) is 0 Å². The number of fused-ring (bicyclic) bond motifs is 1. The van der Waals surface area contributed by atoms with Gasteiger partial charge >= 0.3 is 0 Å². The average molecular weight is 219 g/mol. The summed E-state index contributed by atoms with van der Waals surface area (Å²) in [4.78, 5) is 18.9. The number of aromatic amines is 1. The third-order valence-corrected chi connectivity index (χ3v) is 2.29. The topological polar surface area (TPSA) is 67.0 Å². The van der Waals surface area contributed by atoms with Crippen molar-refractivity contribution in [3.63, 3.8) is 0 Å². The second kappa shape index (κ2) is 4.76. The van der Waals surface area contributed by atoms with E-state index in [-0.39, 0.29) is 5.91 Å². The molecule has 0 spiro atoms. The van der Waals surface area contributed by atoms with Crippen LogP contribution < -0.4 is 5.32 Å². The Morgan fingerprint density at radius 3 is 3.25 bits per heavy atom. The van der Waals surface area contributed by atoms with Crippen molar-refractivity contribution < 1.29 is 9.53 Å². The minimum absolute atomic E-state index is 0.130. The van der Waals surface area contributed by atoms with Crippen LogP contribution in [0.4, 0.5) is 0 Å². The molecule has 1 aromatic carbocycles. The van der Waals surface area contributed by atoms with Crippen LogP contribution in [0.25, 0.3) is 11.0 Å². The highest BCUT2D eigenvalue weighted by molar-refractivity contribution is 6.04. The molecule has 0 aliphatic rings. The van der Waals surface area contributed by atoms with Crippen LogP contribution in [0, 0.1) is 0 Å². The van der Waals surface area contributed by atoms with Gasteiger partial charge in [0.2, 0.25) is 0 Å². The predicted molar refractivity (Wildman–Crippen MR) is 60.3 cm³/mol. The number of para-hydroxylation sites is 1. The van der Waals surface area contributed by atoms with Crippen molar-refractivity contribution in [2.24, 2.45) is 0 Å².